The van der Waals surface area contributed by atoms with Gasteiger partial charge in [-0.3, -0.25) is 9.97 Å². The maximum atomic E-state index is 13.4. The lowest BCUT2D eigenvalue weighted by Crippen LogP contribution is -2.49. The molecule has 2 fully saturated rings. The third-order valence-corrected chi connectivity index (χ3v) is 5.46. The second-order valence-electron chi connectivity index (χ2n) is 7.24. The van der Waals surface area contributed by atoms with Crippen LogP contribution in [0, 0.1) is 5.92 Å². The average molecular weight is 375 g/mol. The fourth-order valence-electron chi connectivity index (χ4n) is 4.09. The van der Waals surface area contributed by atoms with Crippen LogP contribution in [-0.2, 0) is 6.18 Å². The van der Waals surface area contributed by atoms with Crippen LogP contribution in [0.25, 0.3) is 5.70 Å². The Morgan fingerprint density at radius 3 is 2.63 bits per heavy atom. The van der Waals surface area contributed by atoms with Crippen LogP contribution in [0.2, 0.25) is 0 Å². The second kappa shape index (κ2) is 6.23. The molecule has 1 aromatic carbocycles. The highest BCUT2D eigenvalue weighted by atomic mass is 19.4. The fourth-order valence-corrected chi connectivity index (χ4v) is 4.09. The van der Waals surface area contributed by atoms with E-state index in [1.807, 2.05) is 0 Å². The molecule has 8 heteroatoms. The van der Waals surface area contributed by atoms with E-state index in [9.17, 15) is 13.2 Å². The molecule has 0 unspecified atom stereocenters. The largest absolute Gasteiger partial charge is 0.418 e. The summed E-state index contributed by atoms with van der Waals surface area (Å²) in [4.78, 5) is 12.1. The molecule has 5 nitrogen and oxygen atoms in total. The number of likely N-dealkylation sites (tertiary alicyclic amines) is 1. The van der Waals surface area contributed by atoms with Gasteiger partial charge in [-0.05, 0) is 12.1 Å². The maximum absolute atomic E-state index is 13.4. The SMILES string of the molecule is C=C(c1cnccn1)N1C[C@H]2CN(c3ccccc3C(F)(F)F)C[C@@]2(N)C1. The summed E-state index contributed by atoms with van der Waals surface area (Å²) in [5.74, 6) is 0.0483. The van der Waals surface area contributed by atoms with Crippen molar-refractivity contribution < 1.29 is 13.2 Å². The minimum absolute atomic E-state index is 0.0483. The monoisotopic (exact) mass is 375 g/mol. The van der Waals surface area contributed by atoms with Gasteiger partial charge in [0.2, 0.25) is 0 Å². The number of hydrogen-bond donors (Lipinski definition) is 1. The first-order valence-electron chi connectivity index (χ1n) is 8.68. The number of aromatic nitrogens is 2. The number of halogens is 3. The standard InChI is InChI=1S/C19H20F3N5/c1-13(16-8-24-6-7-25-16)26-9-14-10-27(12-18(14,23)11-26)17-5-3-2-4-15(17)19(20,21)22/h2-8,14H,1,9-12,23H2/t14-,18-/m0/s1. The van der Waals surface area contributed by atoms with E-state index in [4.69, 9.17) is 5.73 Å². The smallest absolute Gasteiger partial charge is 0.369 e. The number of anilines is 1. The van der Waals surface area contributed by atoms with E-state index in [0.717, 1.165) is 11.8 Å². The molecule has 2 saturated heterocycles. The molecular formula is C19H20F3N5. The summed E-state index contributed by atoms with van der Waals surface area (Å²) < 4.78 is 40.1. The van der Waals surface area contributed by atoms with Crippen molar-refractivity contribution >= 4 is 11.4 Å². The third-order valence-electron chi connectivity index (χ3n) is 5.46. The summed E-state index contributed by atoms with van der Waals surface area (Å²) in [6.45, 7) is 6.11. The molecule has 27 heavy (non-hydrogen) atoms. The molecule has 2 aliphatic heterocycles. The Morgan fingerprint density at radius 1 is 1.19 bits per heavy atom. The molecule has 2 N–H and O–H groups in total. The highest BCUT2D eigenvalue weighted by molar-refractivity contribution is 5.60. The van der Waals surface area contributed by atoms with Crippen LogP contribution in [-0.4, -0.2) is 46.6 Å². The minimum atomic E-state index is -4.39. The van der Waals surface area contributed by atoms with Crippen molar-refractivity contribution in [3.63, 3.8) is 0 Å². The van der Waals surface area contributed by atoms with E-state index in [1.165, 1.54) is 12.1 Å². The molecule has 0 spiro atoms. The molecule has 4 rings (SSSR count). The Hall–Kier alpha value is -2.61. The summed E-state index contributed by atoms with van der Waals surface area (Å²) >= 11 is 0. The number of nitrogens with zero attached hydrogens (tertiary/aromatic N) is 4. The average Bonchev–Trinajstić information content (AvgIpc) is 3.13. The van der Waals surface area contributed by atoms with E-state index < -0.39 is 17.3 Å². The van der Waals surface area contributed by atoms with Crippen LogP contribution in [0.1, 0.15) is 11.3 Å². The molecular weight excluding hydrogens is 355 g/mol. The number of nitrogens with two attached hydrogens (primary N) is 1. The fraction of sp³-hybridized carbons (Fsp3) is 0.368. The number of hydrogen-bond acceptors (Lipinski definition) is 5. The van der Waals surface area contributed by atoms with Gasteiger partial charge in [0.15, 0.2) is 0 Å². The van der Waals surface area contributed by atoms with E-state index in [2.05, 4.69) is 21.4 Å². The topological polar surface area (TPSA) is 58.3 Å². The van der Waals surface area contributed by atoms with Crippen molar-refractivity contribution in [2.24, 2.45) is 11.7 Å². The van der Waals surface area contributed by atoms with Crippen molar-refractivity contribution in [1.29, 1.82) is 0 Å². The lowest BCUT2D eigenvalue weighted by atomic mass is 9.92. The zero-order chi connectivity index (χ0) is 19.2. The van der Waals surface area contributed by atoms with Gasteiger partial charge in [-0.15, -0.1) is 0 Å². The van der Waals surface area contributed by atoms with Crippen LogP contribution in [0.15, 0.2) is 49.4 Å². The molecule has 0 amide bonds. The van der Waals surface area contributed by atoms with Gasteiger partial charge in [0.05, 0.1) is 23.0 Å². The van der Waals surface area contributed by atoms with Gasteiger partial charge in [-0.2, -0.15) is 13.2 Å². The number of para-hydroxylation sites is 1. The van der Waals surface area contributed by atoms with Crippen LogP contribution < -0.4 is 10.6 Å². The minimum Gasteiger partial charge on any atom is -0.369 e. The summed E-state index contributed by atoms with van der Waals surface area (Å²) in [6.07, 6.45) is 0.454. The van der Waals surface area contributed by atoms with Crippen LogP contribution in [0.3, 0.4) is 0 Å². The van der Waals surface area contributed by atoms with Crippen molar-refractivity contribution in [3.8, 4) is 0 Å². The summed E-state index contributed by atoms with van der Waals surface area (Å²) in [5.41, 5.74) is 7.03. The van der Waals surface area contributed by atoms with Crippen molar-refractivity contribution in [1.82, 2.24) is 14.9 Å². The third kappa shape index (κ3) is 3.14. The van der Waals surface area contributed by atoms with Gasteiger partial charge in [0, 0.05) is 50.2 Å². The number of fused-ring (bicyclic) bond motifs is 1. The van der Waals surface area contributed by atoms with Crippen molar-refractivity contribution in [2.45, 2.75) is 11.7 Å². The number of benzene rings is 1. The first-order chi connectivity index (χ1) is 12.8. The van der Waals surface area contributed by atoms with Gasteiger partial charge in [0.25, 0.3) is 0 Å². The molecule has 0 bridgehead atoms. The number of rotatable bonds is 3. The van der Waals surface area contributed by atoms with E-state index >= 15 is 0 Å². The maximum Gasteiger partial charge on any atom is 0.418 e. The van der Waals surface area contributed by atoms with E-state index in [1.54, 1.807) is 29.6 Å². The highest BCUT2D eigenvalue weighted by Gasteiger charge is 2.51. The first-order valence-corrected chi connectivity index (χ1v) is 8.68. The van der Waals surface area contributed by atoms with Crippen molar-refractivity contribution in [3.05, 3.63) is 60.7 Å². The number of alkyl halides is 3. The van der Waals surface area contributed by atoms with Crippen molar-refractivity contribution in [2.75, 3.05) is 31.1 Å². The molecule has 0 radical (unpaired) electrons. The van der Waals surface area contributed by atoms with Gasteiger partial charge in [-0.1, -0.05) is 18.7 Å². The predicted octanol–water partition coefficient (Wildman–Crippen LogP) is 2.62. The Bertz CT molecular complexity index is 854. The summed E-state index contributed by atoms with van der Waals surface area (Å²) in [7, 11) is 0. The molecule has 2 aliphatic rings. The van der Waals surface area contributed by atoms with Gasteiger partial charge < -0.3 is 15.5 Å². The summed E-state index contributed by atoms with van der Waals surface area (Å²) in [5, 5.41) is 0. The van der Waals surface area contributed by atoms with Crippen LogP contribution >= 0.6 is 0 Å². The molecule has 1 aromatic heterocycles. The lowest BCUT2D eigenvalue weighted by Gasteiger charge is -2.29. The predicted molar refractivity (Wildman–Crippen MR) is 96.7 cm³/mol. The van der Waals surface area contributed by atoms with Gasteiger partial charge >= 0.3 is 6.18 Å². The molecule has 0 saturated carbocycles. The Morgan fingerprint density at radius 2 is 1.96 bits per heavy atom. The first kappa shape index (κ1) is 17.8. The zero-order valence-corrected chi connectivity index (χ0v) is 14.7. The Balaban J connectivity index is 1.53. The van der Waals surface area contributed by atoms with Gasteiger partial charge in [-0.25, -0.2) is 0 Å². The molecule has 2 aromatic rings. The normalized spacial score (nSPS) is 25.0. The Kier molecular flexibility index (Phi) is 4.10. The highest BCUT2D eigenvalue weighted by Crippen LogP contribution is 2.42. The lowest BCUT2D eigenvalue weighted by molar-refractivity contribution is -0.137. The quantitative estimate of drug-likeness (QED) is 0.894. The van der Waals surface area contributed by atoms with Crippen LogP contribution in [0.4, 0.5) is 18.9 Å². The summed E-state index contributed by atoms with van der Waals surface area (Å²) in [6, 6.07) is 5.68. The second-order valence-corrected chi connectivity index (χ2v) is 7.24. The molecule has 142 valence electrons. The van der Waals surface area contributed by atoms with Gasteiger partial charge in [0.1, 0.15) is 5.69 Å². The molecule has 2 atom stereocenters. The zero-order valence-electron chi connectivity index (χ0n) is 14.7. The van der Waals surface area contributed by atoms with E-state index in [0.29, 0.717) is 31.9 Å². The van der Waals surface area contributed by atoms with Crippen LogP contribution in [0.5, 0.6) is 0 Å². The molecule has 3 heterocycles. The Labute approximate surface area is 155 Å². The molecule has 0 aliphatic carbocycles. The van der Waals surface area contributed by atoms with E-state index in [-0.39, 0.29) is 11.6 Å².